The van der Waals surface area contributed by atoms with Crippen LogP contribution in [-0.4, -0.2) is 48.0 Å². The zero-order valence-corrected chi connectivity index (χ0v) is 19.5. The highest BCUT2D eigenvalue weighted by Gasteiger charge is 2.19. The molecule has 1 aliphatic rings. The third-order valence-electron chi connectivity index (χ3n) is 5.75. The molecule has 6 heteroatoms. The maximum Gasteiger partial charge on any atom is 0.255 e. The van der Waals surface area contributed by atoms with Gasteiger partial charge in [0, 0.05) is 61.1 Å². The third kappa shape index (κ3) is 5.90. The predicted octanol–water partition coefficient (Wildman–Crippen LogP) is 5.16. The van der Waals surface area contributed by atoms with Crippen molar-refractivity contribution in [3.05, 3.63) is 84.1 Å². The standard InChI is InChI=1S/C26H30N4OS/c1-20(2)29-14-16-30(17-15-29)24-11-9-22(10-12-24)26(31)28-23-7-5-6-21(18-23)19-32-25-8-3-4-13-27-25/h3-13,18,20H,14-17,19H2,1-2H3,(H,28,31). The molecule has 32 heavy (non-hydrogen) atoms. The van der Waals surface area contributed by atoms with Gasteiger partial charge in [-0.25, -0.2) is 4.98 Å². The number of thioether (sulfide) groups is 1. The van der Waals surface area contributed by atoms with Gasteiger partial charge in [0.15, 0.2) is 0 Å². The zero-order chi connectivity index (χ0) is 22.3. The number of carbonyl (C=O) groups excluding carboxylic acids is 1. The number of pyridine rings is 1. The monoisotopic (exact) mass is 446 g/mol. The van der Waals surface area contributed by atoms with Crippen molar-refractivity contribution in [3.8, 4) is 0 Å². The molecule has 0 radical (unpaired) electrons. The van der Waals surface area contributed by atoms with Gasteiger partial charge in [0.05, 0.1) is 5.03 Å². The molecular weight excluding hydrogens is 416 g/mol. The Morgan fingerprint density at radius 3 is 2.47 bits per heavy atom. The minimum Gasteiger partial charge on any atom is -0.369 e. The molecule has 4 rings (SSSR count). The maximum absolute atomic E-state index is 12.8. The summed E-state index contributed by atoms with van der Waals surface area (Å²) < 4.78 is 0. The van der Waals surface area contributed by atoms with E-state index in [1.165, 1.54) is 5.69 Å². The number of aromatic nitrogens is 1. The predicted molar refractivity (Wildman–Crippen MR) is 134 cm³/mol. The molecule has 2 heterocycles. The molecule has 2 aromatic carbocycles. The van der Waals surface area contributed by atoms with Gasteiger partial charge in [-0.05, 0) is 67.9 Å². The van der Waals surface area contributed by atoms with Crippen LogP contribution in [-0.2, 0) is 5.75 Å². The number of carbonyl (C=O) groups is 1. The number of nitrogens with zero attached hydrogens (tertiary/aromatic N) is 3. The summed E-state index contributed by atoms with van der Waals surface area (Å²) in [5.41, 5.74) is 3.80. The lowest BCUT2D eigenvalue weighted by Crippen LogP contribution is -2.48. The molecule has 1 fully saturated rings. The lowest BCUT2D eigenvalue weighted by Gasteiger charge is -2.38. The Hall–Kier alpha value is -2.83. The van der Waals surface area contributed by atoms with E-state index in [9.17, 15) is 4.79 Å². The summed E-state index contributed by atoms with van der Waals surface area (Å²) in [6, 6.07) is 22.4. The molecule has 1 N–H and O–H groups in total. The van der Waals surface area contributed by atoms with Crippen LogP contribution in [0.4, 0.5) is 11.4 Å². The zero-order valence-electron chi connectivity index (χ0n) is 18.7. The van der Waals surface area contributed by atoms with Crippen LogP contribution in [0.15, 0.2) is 78.0 Å². The molecule has 1 amide bonds. The molecule has 166 valence electrons. The molecule has 0 aliphatic carbocycles. The fourth-order valence-electron chi connectivity index (χ4n) is 3.85. The summed E-state index contributed by atoms with van der Waals surface area (Å²) in [5, 5.41) is 4.02. The van der Waals surface area contributed by atoms with Crippen LogP contribution < -0.4 is 10.2 Å². The summed E-state index contributed by atoms with van der Waals surface area (Å²) >= 11 is 1.68. The van der Waals surface area contributed by atoms with E-state index >= 15 is 0 Å². The first-order chi connectivity index (χ1) is 15.6. The van der Waals surface area contributed by atoms with Crippen LogP contribution in [0.3, 0.4) is 0 Å². The van der Waals surface area contributed by atoms with Crippen molar-refractivity contribution in [1.29, 1.82) is 0 Å². The fraction of sp³-hybridized carbons (Fsp3) is 0.308. The van der Waals surface area contributed by atoms with Gasteiger partial charge in [0.25, 0.3) is 5.91 Å². The Morgan fingerprint density at radius 1 is 1.00 bits per heavy atom. The van der Waals surface area contributed by atoms with Crippen molar-refractivity contribution in [1.82, 2.24) is 9.88 Å². The maximum atomic E-state index is 12.8. The lowest BCUT2D eigenvalue weighted by molar-refractivity contribution is 0.102. The highest BCUT2D eigenvalue weighted by atomic mass is 32.2. The Labute approximate surface area is 194 Å². The van der Waals surface area contributed by atoms with Crippen molar-refractivity contribution in [3.63, 3.8) is 0 Å². The van der Waals surface area contributed by atoms with Crippen molar-refractivity contribution in [2.45, 2.75) is 30.7 Å². The van der Waals surface area contributed by atoms with E-state index in [2.05, 4.69) is 52.1 Å². The van der Waals surface area contributed by atoms with E-state index in [-0.39, 0.29) is 5.91 Å². The van der Waals surface area contributed by atoms with Gasteiger partial charge in [-0.15, -0.1) is 11.8 Å². The van der Waals surface area contributed by atoms with Crippen LogP contribution in [0.2, 0.25) is 0 Å². The van der Waals surface area contributed by atoms with Crippen molar-refractivity contribution in [2.24, 2.45) is 0 Å². The van der Waals surface area contributed by atoms with E-state index in [1.807, 2.05) is 48.5 Å². The van der Waals surface area contributed by atoms with Gasteiger partial charge in [-0.3, -0.25) is 9.69 Å². The smallest absolute Gasteiger partial charge is 0.255 e. The topological polar surface area (TPSA) is 48.5 Å². The first-order valence-corrected chi connectivity index (χ1v) is 12.1. The van der Waals surface area contributed by atoms with Crippen LogP contribution in [0, 0.1) is 0 Å². The Bertz CT molecular complexity index is 1020. The van der Waals surface area contributed by atoms with Crippen molar-refractivity contribution >= 4 is 29.0 Å². The van der Waals surface area contributed by atoms with Gasteiger partial charge in [-0.2, -0.15) is 0 Å². The van der Waals surface area contributed by atoms with Crippen LogP contribution >= 0.6 is 11.8 Å². The third-order valence-corrected chi connectivity index (χ3v) is 6.76. The summed E-state index contributed by atoms with van der Waals surface area (Å²) in [6.07, 6.45) is 1.80. The second-order valence-electron chi connectivity index (χ2n) is 8.27. The van der Waals surface area contributed by atoms with Crippen LogP contribution in [0.1, 0.15) is 29.8 Å². The SMILES string of the molecule is CC(C)N1CCN(c2ccc(C(=O)Nc3cccc(CSc4ccccn4)c3)cc2)CC1. The highest BCUT2D eigenvalue weighted by molar-refractivity contribution is 7.98. The van der Waals surface area contributed by atoms with Gasteiger partial charge in [0.1, 0.15) is 0 Å². The number of hydrogen-bond donors (Lipinski definition) is 1. The molecule has 1 saturated heterocycles. The molecule has 1 aromatic heterocycles. The molecule has 0 bridgehead atoms. The number of rotatable bonds is 7. The summed E-state index contributed by atoms with van der Waals surface area (Å²) in [7, 11) is 0. The molecule has 3 aromatic rings. The minimum absolute atomic E-state index is 0.0873. The number of benzene rings is 2. The molecule has 0 unspecified atom stereocenters. The summed E-state index contributed by atoms with van der Waals surface area (Å²) in [5.74, 6) is 0.718. The van der Waals surface area contributed by atoms with Crippen molar-refractivity contribution in [2.75, 3.05) is 36.4 Å². The van der Waals surface area contributed by atoms with Gasteiger partial charge < -0.3 is 10.2 Å². The Balaban J connectivity index is 1.33. The summed E-state index contributed by atoms with van der Waals surface area (Å²) in [4.78, 5) is 22.0. The number of piperazine rings is 1. The summed E-state index contributed by atoms with van der Waals surface area (Å²) in [6.45, 7) is 8.69. The van der Waals surface area contributed by atoms with E-state index in [0.29, 0.717) is 11.6 Å². The lowest BCUT2D eigenvalue weighted by atomic mass is 10.1. The Kier molecular flexibility index (Phi) is 7.45. The van der Waals surface area contributed by atoms with Gasteiger partial charge >= 0.3 is 0 Å². The molecule has 0 atom stereocenters. The second kappa shape index (κ2) is 10.7. The molecular formula is C26H30N4OS. The van der Waals surface area contributed by atoms with Gasteiger partial charge in [-0.1, -0.05) is 18.2 Å². The number of anilines is 2. The van der Waals surface area contributed by atoms with E-state index in [4.69, 9.17) is 0 Å². The number of hydrogen-bond acceptors (Lipinski definition) is 5. The van der Waals surface area contributed by atoms with Gasteiger partial charge in [0.2, 0.25) is 0 Å². The average molecular weight is 447 g/mol. The first-order valence-electron chi connectivity index (χ1n) is 11.1. The quantitative estimate of drug-likeness (QED) is 0.508. The van der Waals surface area contributed by atoms with Crippen molar-refractivity contribution < 1.29 is 4.79 Å². The minimum atomic E-state index is -0.0873. The Morgan fingerprint density at radius 2 is 1.78 bits per heavy atom. The average Bonchev–Trinajstić information content (AvgIpc) is 2.84. The van der Waals surface area contributed by atoms with E-state index in [0.717, 1.165) is 48.2 Å². The van der Waals surface area contributed by atoms with E-state index < -0.39 is 0 Å². The molecule has 0 spiro atoms. The first kappa shape index (κ1) is 22.4. The normalized spacial score (nSPS) is 14.5. The molecule has 5 nitrogen and oxygen atoms in total. The molecule has 0 saturated carbocycles. The van der Waals surface area contributed by atoms with Crippen LogP contribution in [0.25, 0.3) is 0 Å². The van der Waals surface area contributed by atoms with Crippen LogP contribution in [0.5, 0.6) is 0 Å². The van der Waals surface area contributed by atoms with E-state index in [1.54, 1.807) is 18.0 Å². The highest BCUT2D eigenvalue weighted by Crippen LogP contribution is 2.23. The number of amides is 1. The molecule has 1 aliphatic heterocycles. The number of nitrogens with one attached hydrogen (secondary N) is 1. The second-order valence-corrected chi connectivity index (χ2v) is 9.27. The largest absolute Gasteiger partial charge is 0.369 e. The fourth-order valence-corrected chi connectivity index (χ4v) is 4.66.